The highest BCUT2D eigenvalue weighted by molar-refractivity contribution is 6.00. The minimum atomic E-state index is -0.388. The van der Waals surface area contributed by atoms with E-state index in [2.05, 4.69) is 15.8 Å². The van der Waals surface area contributed by atoms with Gasteiger partial charge >= 0.3 is 0 Å². The van der Waals surface area contributed by atoms with Crippen molar-refractivity contribution in [1.29, 1.82) is 0 Å². The molecule has 0 aliphatic carbocycles. The van der Waals surface area contributed by atoms with Crippen LogP contribution in [0.2, 0.25) is 0 Å². The Labute approximate surface area is 187 Å². The first-order chi connectivity index (χ1) is 15.3. The van der Waals surface area contributed by atoms with E-state index < -0.39 is 0 Å². The van der Waals surface area contributed by atoms with Crippen LogP contribution in [0.15, 0.2) is 28.8 Å². The highest BCUT2D eigenvalue weighted by Crippen LogP contribution is 2.17. The molecule has 3 rings (SSSR count). The zero-order chi connectivity index (χ0) is 23.1. The normalized spacial score (nSPS) is 15.4. The summed E-state index contributed by atoms with van der Waals surface area (Å²) >= 11 is 0. The summed E-state index contributed by atoms with van der Waals surface area (Å²) < 4.78 is 10.6. The minimum absolute atomic E-state index is 0.00588. The van der Waals surface area contributed by atoms with Gasteiger partial charge in [-0.3, -0.25) is 19.3 Å². The van der Waals surface area contributed by atoms with E-state index in [1.807, 2.05) is 32.0 Å². The molecule has 1 unspecified atom stereocenters. The zero-order valence-corrected chi connectivity index (χ0v) is 18.8. The number of hydrogen-bond acceptors (Lipinski definition) is 6. The molecule has 9 nitrogen and oxygen atoms in total. The maximum absolute atomic E-state index is 12.9. The second kappa shape index (κ2) is 10.9. The van der Waals surface area contributed by atoms with Gasteiger partial charge in [0, 0.05) is 37.7 Å². The van der Waals surface area contributed by atoms with Gasteiger partial charge in [-0.15, -0.1) is 0 Å². The van der Waals surface area contributed by atoms with Crippen molar-refractivity contribution in [1.82, 2.24) is 10.5 Å². The zero-order valence-electron chi connectivity index (χ0n) is 18.8. The molecule has 0 bridgehead atoms. The molecule has 2 aromatic rings. The Morgan fingerprint density at radius 3 is 2.44 bits per heavy atom. The molecule has 2 N–H and O–H groups in total. The molecule has 1 aliphatic rings. The van der Waals surface area contributed by atoms with Crippen molar-refractivity contribution in [2.24, 2.45) is 0 Å². The summed E-state index contributed by atoms with van der Waals surface area (Å²) in [5.41, 5.74) is 2.77. The van der Waals surface area contributed by atoms with Crippen LogP contribution in [0.1, 0.15) is 42.6 Å². The molecule has 1 fully saturated rings. The molecule has 1 aromatic carbocycles. The maximum atomic E-state index is 12.9. The number of rotatable bonds is 9. The Bertz CT molecular complexity index is 945. The topological polar surface area (TPSA) is 114 Å². The van der Waals surface area contributed by atoms with Gasteiger partial charge in [0.15, 0.2) is 5.82 Å². The lowest BCUT2D eigenvalue weighted by Gasteiger charge is -2.20. The largest absolute Gasteiger partial charge is 0.376 e. The number of benzene rings is 1. The highest BCUT2D eigenvalue weighted by Gasteiger charge is 2.24. The molecule has 32 heavy (non-hydrogen) atoms. The highest BCUT2D eigenvalue weighted by atomic mass is 16.5. The molecule has 3 amide bonds. The van der Waals surface area contributed by atoms with Gasteiger partial charge in [0.25, 0.3) is 0 Å². The Morgan fingerprint density at radius 2 is 1.81 bits per heavy atom. The third kappa shape index (κ3) is 6.91. The fourth-order valence-electron chi connectivity index (χ4n) is 3.64. The first-order valence-electron chi connectivity index (χ1n) is 10.8. The van der Waals surface area contributed by atoms with Crippen LogP contribution in [0.4, 0.5) is 11.5 Å². The Morgan fingerprint density at radius 1 is 1.06 bits per heavy atom. The standard InChI is InChI=1S/C23H30N4O5/c1-15-9-16(2)11-18(10-15)25-21(28)6-7-23(30)27(20-12-17(3)32-26-20)14-22(29)24-13-19-5-4-8-31-19/h9-12,19H,4-8,13-14H2,1-3H3,(H,24,29)(H,25,28). The number of amides is 3. The van der Waals surface area contributed by atoms with Gasteiger partial charge in [0.2, 0.25) is 17.7 Å². The number of aryl methyl sites for hydroxylation is 3. The van der Waals surface area contributed by atoms with Crippen molar-refractivity contribution in [3.05, 3.63) is 41.2 Å². The predicted octanol–water partition coefficient (Wildman–Crippen LogP) is 2.65. The van der Waals surface area contributed by atoms with Crippen LogP contribution in [-0.4, -0.2) is 48.7 Å². The Kier molecular flexibility index (Phi) is 7.99. The number of aromatic nitrogens is 1. The summed E-state index contributed by atoms with van der Waals surface area (Å²) in [7, 11) is 0. The second-order valence-corrected chi connectivity index (χ2v) is 8.14. The average molecular weight is 443 g/mol. The average Bonchev–Trinajstić information content (AvgIpc) is 3.39. The predicted molar refractivity (Wildman–Crippen MR) is 119 cm³/mol. The quantitative estimate of drug-likeness (QED) is 0.617. The van der Waals surface area contributed by atoms with Gasteiger partial charge < -0.3 is 19.9 Å². The van der Waals surface area contributed by atoms with Crippen LogP contribution in [0.25, 0.3) is 0 Å². The number of carbonyl (C=O) groups is 3. The minimum Gasteiger partial charge on any atom is -0.376 e. The summed E-state index contributed by atoms with van der Waals surface area (Å²) in [5, 5.41) is 9.48. The van der Waals surface area contributed by atoms with E-state index in [-0.39, 0.29) is 49.0 Å². The van der Waals surface area contributed by atoms with E-state index >= 15 is 0 Å². The molecule has 0 saturated carbocycles. The summed E-state index contributed by atoms with van der Waals surface area (Å²) in [6, 6.07) is 7.34. The number of nitrogens with one attached hydrogen (secondary N) is 2. The fraction of sp³-hybridized carbons (Fsp3) is 0.478. The van der Waals surface area contributed by atoms with Gasteiger partial charge in [-0.2, -0.15) is 0 Å². The summed E-state index contributed by atoms with van der Waals surface area (Å²) in [6.07, 6.45) is 1.80. The van der Waals surface area contributed by atoms with E-state index in [9.17, 15) is 14.4 Å². The molecular formula is C23H30N4O5. The lowest BCUT2D eigenvalue weighted by molar-refractivity contribution is -0.125. The van der Waals surface area contributed by atoms with E-state index in [0.717, 1.165) is 24.0 Å². The van der Waals surface area contributed by atoms with Crippen molar-refractivity contribution >= 4 is 29.2 Å². The Hall–Kier alpha value is -3.20. The van der Waals surface area contributed by atoms with Gasteiger partial charge in [-0.25, -0.2) is 0 Å². The molecule has 1 saturated heterocycles. The van der Waals surface area contributed by atoms with Crippen LogP contribution in [-0.2, 0) is 19.1 Å². The molecule has 1 atom stereocenters. The lowest BCUT2D eigenvalue weighted by atomic mass is 10.1. The van der Waals surface area contributed by atoms with E-state index in [0.29, 0.717) is 24.6 Å². The molecule has 0 radical (unpaired) electrons. The van der Waals surface area contributed by atoms with Crippen LogP contribution < -0.4 is 15.5 Å². The molecule has 1 aromatic heterocycles. The molecular weight excluding hydrogens is 412 g/mol. The molecule has 2 heterocycles. The number of hydrogen-bond donors (Lipinski definition) is 2. The molecule has 1 aliphatic heterocycles. The van der Waals surface area contributed by atoms with Gasteiger partial charge in [-0.05, 0) is 56.9 Å². The summed E-state index contributed by atoms with van der Waals surface area (Å²) in [5.74, 6) is -0.225. The van der Waals surface area contributed by atoms with Crippen molar-refractivity contribution < 1.29 is 23.6 Å². The number of ether oxygens (including phenoxy) is 1. The van der Waals surface area contributed by atoms with Gasteiger partial charge in [0.1, 0.15) is 12.3 Å². The van der Waals surface area contributed by atoms with Gasteiger partial charge in [-0.1, -0.05) is 11.2 Å². The van der Waals surface area contributed by atoms with Crippen LogP contribution >= 0.6 is 0 Å². The van der Waals surface area contributed by atoms with Crippen LogP contribution in [0, 0.1) is 20.8 Å². The smallest absolute Gasteiger partial charge is 0.240 e. The first kappa shape index (κ1) is 23.5. The van der Waals surface area contributed by atoms with Crippen molar-refractivity contribution in [2.75, 3.05) is 29.9 Å². The molecule has 172 valence electrons. The first-order valence-corrected chi connectivity index (χ1v) is 10.8. The van der Waals surface area contributed by atoms with Crippen molar-refractivity contribution in [3.8, 4) is 0 Å². The third-order valence-corrected chi connectivity index (χ3v) is 5.12. The summed E-state index contributed by atoms with van der Waals surface area (Å²) in [6.45, 7) is 6.50. The Balaban J connectivity index is 1.56. The van der Waals surface area contributed by atoms with E-state index in [4.69, 9.17) is 9.26 Å². The van der Waals surface area contributed by atoms with Crippen molar-refractivity contribution in [3.63, 3.8) is 0 Å². The summed E-state index contributed by atoms with van der Waals surface area (Å²) in [4.78, 5) is 38.9. The van der Waals surface area contributed by atoms with Gasteiger partial charge in [0.05, 0.1) is 6.10 Å². The number of anilines is 2. The maximum Gasteiger partial charge on any atom is 0.240 e. The van der Waals surface area contributed by atoms with E-state index in [1.165, 1.54) is 4.90 Å². The molecule has 0 spiro atoms. The number of nitrogens with zero attached hydrogens (tertiary/aromatic N) is 2. The second-order valence-electron chi connectivity index (χ2n) is 8.14. The van der Waals surface area contributed by atoms with Crippen molar-refractivity contribution in [2.45, 2.75) is 52.6 Å². The monoisotopic (exact) mass is 442 g/mol. The lowest BCUT2D eigenvalue weighted by Crippen LogP contribution is -2.43. The fourth-order valence-corrected chi connectivity index (χ4v) is 3.64. The van der Waals surface area contributed by atoms with Crippen LogP contribution in [0.5, 0.6) is 0 Å². The SMILES string of the molecule is Cc1cc(C)cc(NC(=O)CCC(=O)N(CC(=O)NCC2CCCO2)c2cc(C)on2)c1. The molecule has 9 heteroatoms. The third-order valence-electron chi connectivity index (χ3n) is 5.12. The van der Waals surface area contributed by atoms with Crippen LogP contribution in [0.3, 0.4) is 0 Å². The van der Waals surface area contributed by atoms with E-state index in [1.54, 1.807) is 13.0 Å². The number of carbonyl (C=O) groups excluding carboxylic acids is 3.